The second kappa shape index (κ2) is 8.29. The predicted molar refractivity (Wildman–Crippen MR) is 73.4 cm³/mol. The number of methoxy groups -OCH3 is 1. The van der Waals surface area contributed by atoms with Gasteiger partial charge in [-0.1, -0.05) is 0 Å². The number of aliphatic hydroxyl groups is 7. The van der Waals surface area contributed by atoms with Crippen LogP contribution in [0.3, 0.4) is 0 Å². The number of hydrogen-bond donors (Lipinski definition) is 7. The Balaban J connectivity index is 2.14. The molecule has 0 unspecified atom stereocenters. The highest BCUT2D eigenvalue weighted by Gasteiger charge is 2.50. The van der Waals surface area contributed by atoms with E-state index in [4.69, 9.17) is 18.9 Å². The van der Waals surface area contributed by atoms with Crippen molar-refractivity contribution in [3.63, 3.8) is 0 Å². The van der Waals surface area contributed by atoms with E-state index in [0.29, 0.717) is 0 Å². The van der Waals surface area contributed by atoms with Gasteiger partial charge in [-0.3, -0.25) is 0 Å². The maximum atomic E-state index is 10.2. The molecule has 0 spiro atoms. The molecule has 2 aliphatic heterocycles. The zero-order valence-corrected chi connectivity index (χ0v) is 13.0. The van der Waals surface area contributed by atoms with E-state index in [9.17, 15) is 35.7 Å². The van der Waals surface area contributed by atoms with Gasteiger partial charge in [0.05, 0.1) is 13.2 Å². The maximum Gasteiger partial charge on any atom is 0.187 e. The first-order valence-corrected chi connectivity index (χ1v) is 7.46. The van der Waals surface area contributed by atoms with E-state index in [1.54, 1.807) is 0 Å². The van der Waals surface area contributed by atoms with Crippen LogP contribution in [-0.2, 0) is 18.9 Å². The fourth-order valence-electron chi connectivity index (χ4n) is 2.83. The highest BCUT2D eigenvalue weighted by atomic mass is 16.7. The van der Waals surface area contributed by atoms with E-state index < -0.39 is 74.6 Å². The molecule has 0 aromatic heterocycles. The van der Waals surface area contributed by atoms with Gasteiger partial charge < -0.3 is 54.7 Å². The van der Waals surface area contributed by atoms with Gasteiger partial charge in [-0.2, -0.15) is 0 Å². The Morgan fingerprint density at radius 3 is 1.92 bits per heavy atom. The smallest absolute Gasteiger partial charge is 0.187 e. The molecular weight excluding hydrogens is 332 g/mol. The molecule has 0 radical (unpaired) electrons. The predicted octanol–water partition coefficient (Wildman–Crippen LogP) is -4.74. The van der Waals surface area contributed by atoms with Crippen LogP contribution in [0.2, 0.25) is 0 Å². The molecule has 2 saturated heterocycles. The summed E-state index contributed by atoms with van der Waals surface area (Å²) in [6, 6.07) is 0. The summed E-state index contributed by atoms with van der Waals surface area (Å²) in [6.07, 6.45) is -14.1. The van der Waals surface area contributed by atoms with Crippen molar-refractivity contribution >= 4 is 0 Å². The van der Waals surface area contributed by atoms with Crippen molar-refractivity contribution in [1.29, 1.82) is 0 Å². The molecule has 2 rings (SSSR count). The van der Waals surface area contributed by atoms with Crippen molar-refractivity contribution in [2.75, 3.05) is 20.3 Å². The van der Waals surface area contributed by atoms with Crippen LogP contribution in [0.25, 0.3) is 0 Å². The fourth-order valence-corrected chi connectivity index (χ4v) is 2.83. The normalized spacial score (nSPS) is 50.0. The summed E-state index contributed by atoms with van der Waals surface area (Å²) in [5, 5.41) is 67.8. The van der Waals surface area contributed by atoms with Crippen molar-refractivity contribution in [1.82, 2.24) is 0 Å². The molecule has 11 nitrogen and oxygen atoms in total. The summed E-state index contributed by atoms with van der Waals surface area (Å²) in [4.78, 5) is 0. The molecule has 11 heteroatoms. The van der Waals surface area contributed by atoms with Crippen molar-refractivity contribution in [3.8, 4) is 0 Å². The quantitative estimate of drug-likeness (QED) is 0.251. The molecule has 0 saturated carbocycles. The van der Waals surface area contributed by atoms with Gasteiger partial charge in [-0.25, -0.2) is 0 Å². The van der Waals surface area contributed by atoms with Crippen LogP contribution in [0.15, 0.2) is 0 Å². The largest absolute Gasteiger partial charge is 0.394 e. The molecule has 10 atom stereocenters. The SMILES string of the molecule is CO[C@H]1[C@@H](O)[C@@H](CO)O[C@@H](O[C@@H]2[C@H](O)[C@@H](O)[C@@H](O)O[C@@H]2CO)[C@@H]1O. The molecule has 0 aromatic carbocycles. The van der Waals surface area contributed by atoms with Crippen LogP contribution in [0.4, 0.5) is 0 Å². The Kier molecular flexibility index (Phi) is 6.87. The summed E-state index contributed by atoms with van der Waals surface area (Å²) < 4.78 is 20.6. The summed E-state index contributed by atoms with van der Waals surface area (Å²) >= 11 is 0. The molecule has 0 amide bonds. The second-order valence-electron chi connectivity index (χ2n) is 5.74. The lowest BCUT2D eigenvalue weighted by molar-refractivity contribution is -0.356. The number of rotatable bonds is 5. The van der Waals surface area contributed by atoms with Crippen LogP contribution >= 0.6 is 0 Å². The zero-order valence-electron chi connectivity index (χ0n) is 13.0. The Hall–Kier alpha value is -0.440. The molecule has 2 aliphatic rings. The van der Waals surface area contributed by atoms with E-state index in [2.05, 4.69) is 0 Å². The Morgan fingerprint density at radius 1 is 0.750 bits per heavy atom. The standard InChI is InChI=1S/C13H24O11/c1-21-11-6(16)4(2-14)23-13(9(11)19)24-10-5(3-15)22-12(20)8(18)7(10)17/h4-20H,2-3H2,1H3/t4-,5-,6+,7-,8-,9-,10+,11+,12+,13+/m1/s1. The lowest BCUT2D eigenvalue weighted by Crippen LogP contribution is -2.64. The van der Waals surface area contributed by atoms with E-state index in [1.165, 1.54) is 7.11 Å². The van der Waals surface area contributed by atoms with Crippen LogP contribution < -0.4 is 0 Å². The van der Waals surface area contributed by atoms with Crippen LogP contribution in [-0.4, -0.2) is 117 Å². The van der Waals surface area contributed by atoms with Gasteiger partial charge in [0.25, 0.3) is 0 Å². The van der Waals surface area contributed by atoms with Gasteiger partial charge >= 0.3 is 0 Å². The second-order valence-corrected chi connectivity index (χ2v) is 5.74. The van der Waals surface area contributed by atoms with Gasteiger partial charge in [0.1, 0.15) is 48.8 Å². The van der Waals surface area contributed by atoms with E-state index in [1.807, 2.05) is 0 Å². The minimum Gasteiger partial charge on any atom is -0.394 e. The number of aliphatic hydroxyl groups excluding tert-OH is 7. The minimum atomic E-state index is -1.71. The summed E-state index contributed by atoms with van der Waals surface area (Å²) in [5.74, 6) is 0. The summed E-state index contributed by atoms with van der Waals surface area (Å²) in [6.45, 7) is -1.23. The average molecular weight is 356 g/mol. The fraction of sp³-hybridized carbons (Fsp3) is 1.00. The van der Waals surface area contributed by atoms with Crippen molar-refractivity contribution in [2.45, 2.75) is 61.4 Å². The van der Waals surface area contributed by atoms with Gasteiger partial charge in [0.2, 0.25) is 0 Å². The molecule has 7 N–H and O–H groups in total. The Morgan fingerprint density at radius 2 is 1.38 bits per heavy atom. The van der Waals surface area contributed by atoms with Gasteiger partial charge in [-0.15, -0.1) is 0 Å². The van der Waals surface area contributed by atoms with Crippen LogP contribution in [0.5, 0.6) is 0 Å². The molecular formula is C13H24O11. The highest BCUT2D eigenvalue weighted by Crippen LogP contribution is 2.29. The Bertz CT molecular complexity index is 394. The first-order chi connectivity index (χ1) is 11.3. The summed E-state index contributed by atoms with van der Waals surface area (Å²) in [7, 11) is 1.24. The van der Waals surface area contributed by atoms with Crippen LogP contribution in [0.1, 0.15) is 0 Å². The number of ether oxygens (including phenoxy) is 4. The third-order valence-corrected chi connectivity index (χ3v) is 4.22. The minimum absolute atomic E-state index is 0.581. The van der Waals surface area contributed by atoms with Crippen molar-refractivity contribution in [2.24, 2.45) is 0 Å². The monoisotopic (exact) mass is 356 g/mol. The number of hydrogen-bond acceptors (Lipinski definition) is 11. The van der Waals surface area contributed by atoms with E-state index in [0.717, 1.165) is 0 Å². The van der Waals surface area contributed by atoms with E-state index in [-0.39, 0.29) is 0 Å². The molecule has 0 aliphatic carbocycles. The Labute approximate surface area is 137 Å². The van der Waals surface area contributed by atoms with Gasteiger partial charge in [0.15, 0.2) is 12.6 Å². The molecule has 24 heavy (non-hydrogen) atoms. The lowest BCUT2D eigenvalue weighted by atomic mass is 9.97. The molecule has 2 heterocycles. The van der Waals surface area contributed by atoms with E-state index >= 15 is 0 Å². The van der Waals surface area contributed by atoms with Crippen molar-refractivity contribution in [3.05, 3.63) is 0 Å². The first kappa shape index (κ1) is 19.9. The van der Waals surface area contributed by atoms with Gasteiger partial charge in [-0.05, 0) is 0 Å². The molecule has 142 valence electrons. The third-order valence-electron chi connectivity index (χ3n) is 4.22. The van der Waals surface area contributed by atoms with Crippen molar-refractivity contribution < 1.29 is 54.7 Å². The topological polar surface area (TPSA) is 179 Å². The lowest BCUT2D eigenvalue weighted by Gasteiger charge is -2.45. The first-order valence-electron chi connectivity index (χ1n) is 7.46. The molecule has 2 fully saturated rings. The van der Waals surface area contributed by atoms with Gasteiger partial charge in [0, 0.05) is 7.11 Å². The average Bonchev–Trinajstić information content (AvgIpc) is 2.57. The molecule has 0 aromatic rings. The maximum absolute atomic E-state index is 10.2. The molecule has 0 bridgehead atoms. The summed E-state index contributed by atoms with van der Waals surface area (Å²) in [5.41, 5.74) is 0. The zero-order chi connectivity index (χ0) is 18.0. The highest BCUT2D eigenvalue weighted by molar-refractivity contribution is 4.94. The third kappa shape index (κ3) is 3.71. The van der Waals surface area contributed by atoms with Crippen LogP contribution in [0, 0.1) is 0 Å².